The molecule has 1 heterocycles. The third kappa shape index (κ3) is 1.90. The second-order valence-electron chi connectivity index (χ2n) is 4.86. The van der Waals surface area contributed by atoms with Crippen LogP contribution < -0.4 is 10.2 Å². The van der Waals surface area contributed by atoms with Crippen LogP contribution in [0, 0.1) is 0 Å². The highest BCUT2D eigenvalue weighted by Crippen LogP contribution is 2.34. The average Bonchev–Trinajstić information content (AvgIpc) is 2.25. The number of hydrogen-bond acceptors (Lipinski definition) is 2. The van der Waals surface area contributed by atoms with E-state index in [-0.39, 0.29) is 11.4 Å². The van der Waals surface area contributed by atoms with Crippen LogP contribution in [0.4, 0.5) is 11.4 Å². The van der Waals surface area contributed by atoms with Gasteiger partial charge in [-0.3, -0.25) is 4.79 Å². The summed E-state index contributed by atoms with van der Waals surface area (Å²) in [5, 5.41) is 3.45. The maximum atomic E-state index is 11.9. The van der Waals surface area contributed by atoms with Crippen molar-refractivity contribution in [2.24, 2.45) is 0 Å². The van der Waals surface area contributed by atoms with Crippen LogP contribution in [0.3, 0.4) is 0 Å². The van der Waals surface area contributed by atoms with Gasteiger partial charge < -0.3 is 10.2 Å². The van der Waals surface area contributed by atoms with E-state index in [4.69, 9.17) is 0 Å². The number of hydrogen-bond donors (Lipinski definition) is 1. The zero-order valence-electron chi connectivity index (χ0n) is 10.1. The van der Waals surface area contributed by atoms with E-state index >= 15 is 0 Å². The van der Waals surface area contributed by atoms with Crippen LogP contribution >= 0.6 is 0 Å². The molecule has 2 rings (SSSR count). The molecule has 1 N–H and O–H groups in total. The van der Waals surface area contributed by atoms with Gasteiger partial charge in [0.1, 0.15) is 0 Å². The number of rotatable bonds is 1. The van der Waals surface area contributed by atoms with E-state index in [1.54, 1.807) is 0 Å². The Hall–Kier alpha value is -1.51. The normalized spacial score (nSPS) is 17.6. The SMILES string of the molecule is CCC(=O)N1CC(C)(C)Nc2ccccc21. The van der Waals surface area contributed by atoms with E-state index in [2.05, 4.69) is 19.2 Å². The first-order valence-corrected chi connectivity index (χ1v) is 5.71. The second-order valence-corrected chi connectivity index (χ2v) is 4.86. The standard InChI is InChI=1S/C13H18N2O/c1-4-12(16)15-9-13(2,3)14-10-7-5-6-8-11(10)15/h5-8,14H,4,9H2,1-3H3. The summed E-state index contributed by atoms with van der Waals surface area (Å²) in [6, 6.07) is 7.97. The molecule has 3 heteroatoms. The molecule has 0 unspecified atom stereocenters. The molecule has 0 spiro atoms. The first-order chi connectivity index (χ1) is 7.53. The van der Waals surface area contributed by atoms with Gasteiger partial charge in [-0.2, -0.15) is 0 Å². The summed E-state index contributed by atoms with van der Waals surface area (Å²) in [5.74, 6) is 0.182. The highest BCUT2D eigenvalue weighted by molar-refractivity contribution is 5.97. The number of fused-ring (bicyclic) bond motifs is 1. The molecule has 0 saturated carbocycles. The molecule has 0 bridgehead atoms. The number of nitrogens with zero attached hydrogens (tertiary/aromatic N) is 1. The topological polar surface area (TPSA) is 32.3 Å². The van der Waals surface area contributed by atoms with E-state index in [1.165, 1.54) is 0 Å². The van der Waals surface area contributed by atoms with Crippen molar-refractivity contribution in [3.8, 4) is 0 Å². The van der Waals surface area contributed by atoms with Gasteiger partial charge in [0, 0.05) is 18.5 Å². The van der Waals surface area contributed by atoms with Crippen LogP contribution in [0.25, 0.3) is 0 Å². The first-order valence-electron chi connectivity index (χ1n) is 5.71. The van der Waals surface area contributed by atoms with Crippen LogP contribution in [0.5, 0.6) is 0 Å². The van der Waals surface area contributed by atoms with Crippen molar-refractivity contribution >= 4 is 17.3 Å². The van der Waals surface area contributed by atoms with Crippen molar-refractivity contribution in [3.63, 3.8) is 0 Å². The molecule has 1 aromatic carbocycles. The largest absolute Gasteiger partial charge is 0.377 e. The molecule has 0 aliphatic carbocycles. The van der Waals surface area contributed by atoms with Crippen molar-refractivity contribution in [1.82, 2.24) is 0 Å². The molecule has 1 amide bonds. The predicted molar refractivity (Wildman–Crippen MR) is 66.8 cm³/mol. The number of amides is 1. The van der Waals surface area contributed by atoms with Crippen molar-refractivity contribution in [2.75, 3.05) is 16.8 Å². The number of anilines is 2. The highest BCUT2D eigenvalue weighted by Gasteiger charge is 2.31. The minimum atomic E-state index is -0.0703. The highest BCUT2D eigenvalue weighted by atomic mass is 16.2. The Morgan fingerprint density at radius 1 is 1.44 bits per heavy atom. The number of carbonyl (C=O) groups excluding carboxylic acids is 1. The van der Waals surface area contributed by atoms with Crippen molar-refractivity contribution < 1.29 is 4.79 Å². The van der Waals surface area contributed by atoms with E-state index in [0.717, 1.165) is 17.9 Å². The fraction of sp³-hybridized carbons (Fsp3) is 0.462. The first kappa shape index (κ1) is 11.0. The Balaban J connectivity index is 2.43. The zero-order valence-corrected chi connectivity index (χ0v) is 10.1. The van der Waals surface area contributed by atoms with Crippen LogP contribution in [0.15, 0.2) is 24.3 Å². The van der Waals surface area contributed by atoms with Crippen molar-refractivity contribution in [2.45, 2.75) is 32.7 Å². The monoisotopic (exact) mass is 218 g/mol. The van der Waals surface area contributed by atoms with Gasteiger partial charge in [-0.05, 0) is 26.0 Å². The quantitative estimate of drug-likeness (QED) is 0.786. The van der Waals surface area contributed by atoms with Crippen molar-refractivity contribution in [1.29, 1.82) is 0 Å². The second kappa shape index (κ2) is 3.81. The lowest BCUT2D eigenvalue weighted by Gasteiger charge is -2.40. The molecule has 16 heavy (non-hydrogen) atoms. The molecule has 3 nitrogen and oxygen atoms in total. The molecule has 1 aliphatic heterocycles. The molecule has 1 aliphatic rings. The van der Waals surface area contributed by atoms with Crippen LogP contribution in [0.2, 0.25) is 0 Å². The lowest BCUT2D eigenvalue weighted by atomic mass is 9.99. The fourth-order valence-corrected chi connectivity index (χ4v) is 2.11. The Kier molecular flexibility index (Phi) is 2.62. The number of para-hydroxylation sites is 2. The summed E-state index contributed by atoms with van der Waals surface area (Å²) >= 11 is 0. The van der Waals surface area contributed by atoms with E-state index in [0.29, 0.717) is 6.42 Å². The van der Waals surface area contributed by atoms with E-state index < -0.39 is 0 Å². The summed E-state index contributed by atoms with van der Waals surface area (Å²) in [5.41, 5.74) is 1.97. The van der Waals surface area contributed by atoms with Crippen molar-refractivity contribution in [3.05, 3.63) is 24.3 Å². The van der Waals surface area contributed by atoms with E-state index in [1.807, 2.05) is 36.1 Å². The summed E-state index contributed by atoms with van der Waals surface area (Å²) in [6.45, 7) is 6.84. The Labute approximate surface area is 96.5 Å². The summed E-state index contributed by atoms with van der Waals surface area (Å²) in [4.78, 5) is 13.8. The van der Waals surface area contributed by atoms with Gasteiger partial charge in [0.15, 0.2) is 0 Å². The molecular weight excluding hydrogens is 200 g/mol. The zero-order chi connectivity index (χ0) is 11.8. The van der Waals surface area contributed by atoms with Crippen LogP contribution in [0.1, 0.15) is 27.2 Å². The minimum Gasteiger partial charge on any atom is -0.377 e. The maximum absolute atomic E-state index is 11.9. The Morgan fingerprint density at radius 3 is 2.81 bits per heavy atom. The van der Waals surface area contributed by atoms with Crippen LogP contribution in [-0.4, -0.2) is 18.0 Å². The number of benzene rings is 1. The predicted octanol–water partition coefficient (Wildman–Crippen LogP) is 2.63. The molecule has 0 aromatic heterocycles. The van der Waals surface area contributed by atoms with E-state index in [9.17, 15) is 4.79 Å². The lowest BCUT2D eigenvalue weighted by molar-refractivity contribution is -0.118. The average molecular weight is 218 g/mol. The lowest BCUT2D eigenvalue weighted by Crippen LogP contribution is -2.50. The Morgan fingerprint density at radius 2 is 2.12 bits per heavy atom. The van der Waals surface area contributed by atoms with Gasteiger partial charge in [-0.25, -0.2) is 0 Å². The van der Waals surface area contributed by atoms with Gasteiger partial charge in [0.05, 0.1) is 11.4 Å². The van der Waals surface area contributed by atoms with Gasteiger partial charge >= 0.3 is 0 Å². The third-order valence-electron chi connectivity index (χ3n) is 2.82. The summed E-state index contributed by atoms with van der Waals surface area (Å²) in [7, 11) is 0. The van der Waals surface area contributed by atoms with Gasteiger partial charge in [0.25, 0.3) is 0 Å². The fourth-order valence-electron chi connectivity index (χ4n) is 2.11. The summed E-state index contributed by atoms with van der Waals surface area (Å²) < 4.78 is 0. The molecule has 0 atom stereocenters. The number of nitrogens with one attached hydrogen (secondary N) is 1. The molecule has 1 aromatic rings. The smallest absolute Gasteiger partial charge is 0.226 e. The van der Waals surface area contributed by atoms with Gasteiger partial charge in [-0.1, -0.05) is 19.1 Å². The molecule has 0 saturated heterocycles. The number of carbonyl (C=O) groups is 1. The molecular formula is C13H18N2O. The minimum absolute atomic E-state index is 0.0703. The summed E-state index contributed by atoms with van der Waals surface area (Å²) in [6.07, 6.45) is 0.546. The Bertz CT molecular complexity index is 412. The third-order valence-corrected chi connectivity index (χ3v) is 2.82. The maximum Gasteiger partial charge on any atom is 0.226 e. The van der Waals surface area contributed by atoms with Gasteiger partial charge in [0.2, 0.25) is 5.91 Å². The molecule has 86 valence electrons. The van der Waals surface area contributed by atoms with Gasteiger partial charge in [-0.15, -0.1) is 0 Å². The molecule has 0 fully saturated rings. The van der Waals surface area contributed by atoms with Crippen LogP contribution in [-0.2, 0) is 4.79 Å². The molecule has 0 radical (unpaired) electrons.